The second kappa shape index (κ2) is 11.1. The predicted molar refractivity (Wildman–Crippen MR) is 119 cm³/mol. The summed E-state index contributed by atoms with van der Waals surface area (Å²) in [5.74, 6) is 0. The SMILES string of the molecule is CCCOCCOC1C2OC3OC(C2OCc2ccccc2)C(OCc2ccccc2)[C@H]1O3. The van der Waals surface area contributed by atoms with E-state index >= 15 is 0 Å². The highest BCUT2D eigenvalue weighted by Gasteiger charge is 2.63. The summed E-state index contributed by atoms with van der Waals surface area (Å²) >= 11 is 0. The van der Waals surface area contributed by atoms with Gasteiger partial charge in [0.25, 0.3) is 6.48 Å². The topological polar surface area (TPSA) is 64.6 Å². The van der Waals surface area contributed by atoms with Crippen LogP contribution >= 0.6 is 0 Å². The second-order valence-corrected chi connectivity index (χ2v) is 8.56. The molecule has 6 rings (SSSR count). The van der Waals surface area contributed by atoms with Crippen molar-refractivity contribution in [1.82, 2.24) is 0 Å². The van der Waals surface area contributed by atoms with E-state index in [1.165, 1.54) is 0 Å². The van der Waals surface area contributed by atoms with E-state index in [9.17, 15) is 0 Å². The molecule has 6 unspecified atom stereocenters. The molecule has 3 saturated heterocycles. The molecule has 0 N–H and O–H groups in total. The normalized spacial score (nSPS) is 32.3. The van der Waals surface area contributed by atoms with Gasteiger partial charge in [-0.1, -0.05) is 67.6 Å². The quantitative estimate of drug-likeness (QED) is 0.453. The standard InChI is InChI=1S/C26H32O7/c1-2-13-27-14-15-28-20-23-21(29-16-18-9-5-3-6-10-18)25-22(24(20)32-26(31-23)33-25)30-17-19-11-7-4-8-12-19/h3-12,20-26H,2,13-17H2,1H3/t20?,21?,22?,23-,24?,25?,26?/m0/s1. The van der Waals surface area contributed by atoms with E-state index in [4.69, 9.17) is 33.2 Å². The van der Waals surface area contributed by atoms with Crippen LogP contribution in [0.2, 0.25) is 0 Å². The highest BCUT2D eigenvalue weighted by atomic mass is 16.9. The highest BCUT2D eigenvalue weighted by Crippen LogP contribution is 2.44. The molecule has 4 fully saturated rings. The van der Waals surface area contributed by atoms with Crippen molar-refractivity contribution in [3.05, 3.63) is 71.8 Å². The highest BCUT2D eigenvalue weighted by molar-refractivity contribution is 5.15. The largest absolute Gasteiger partial charge is 0.379 e. The molecule has 7 nitrogen and oxygen atoms in total. The first kappa shape index (κ1) is 22.9. The third kappa shape index (κ3) is 5.30. The zero-order chi connectivity index (χ0) is 22.5. The minimum absolute atomic E-state index is 0.293. The van der Waals surface area contributed by atoms with Crippen LogP contribution in [0, 0.1) is 0 Å². The van der Waals surface area contributed by atoms with E-state index in [1.807, 2.05) is 60.7 Å². The lowest BCUT2D eigenvalue weighted by atomic mass is 9.82. The molecule has 0 amide bonds. The van der Waals surface area contributed by atoms with Crippen molar-refractivity contribution >= 4 is 0 Å². The van der Waals surface area contributed by atoms with Crippen LogP contribution in [0.15, 0.2) is 60.7 Å². The molecule has 1 saturated carbocycles. The molecule has 0 radical (unpaired) electrons. The average Bonchev–Trinajstić information content (AvgIpc) is 2.86. The molecular weight excluding hydrogens is 424 g/mol. The minimum Gasteiger partial charge on any atom is -0.379 e. The minimum atomic E-state index is -0.714. The summed E-state index contributed by atoms with van der Waals surface area (Å²) in [6.07, 6.45) is -0.887. The number of benzene rings is 2. The van der Waals surface area contributed by atoms with E-state index in [1.54, 1.807) is 0 Å². The Kier molecular flexibility index (Phi) is 7.68. The van der Waals surface area contributed by atoms with Gasteiger partial charge in [-0.05, 0) is 17.5 Å². The van der Waals surface area contributed by atoms with Crippen molar-refractivity contribution in [2.75, 3.05) is 19.8 Å². The van der Waals surface area contributed by atoms with Gasteiger partial charge in [0.1, 0.15) is 36.6 Å². The molecule has 2 aromatic rings. The lowest BCUT2D eigenvalue weighted by Crippen LogP contribution is -2.76. The van der Waals surface area contributed by atoms with Crippen LogP contribution in [0.5, 0.6) is 0 Å². The lowest BCUT2D eigenvalue weighted by Gasteiger charge is -2.58. The molecule has 7 atom stereocenters. The van der Waals surface area contributed by atoms with Gasteiger partial charge in [0.15, 0.2) is 0 Å². The van der Waals surface area contributed by atoms with Gasteiger partial charge in [-0.25, -0.2) is 0 Å². The molecule has 2 aromatic carbocycles. The summed E-state index contributed by atoms with van der Waals surface area (Å²) in [6, 6.07) is 20.2. The molecule has 4 bridgehead atoms. The smallest absolute Gasteiger partial charge is 0.272 e. The summed E-state index contributed by atoms with van der Waals surface area (Å²) in [5.41, 5.74) is 2.18. The van der Waals surface area contributed by atoms with E-state index in [0.29, 0.717) is 26.4 Å². The van der Waals surface area contributed by atoms with Crippen LogP contribution < -0.4 is 0 Å². The Balaban J connectivity index is 1.30. The van der Waals surface area contributed by atoms with Gasteiger partial charge in [0.2, 0.25) is 0 Å². The van der Waals surface area contributed by atoms with Crippen molar-refractivity contribution in [3.8, 4) is 0 Å². The van der Waals surface area contributed by atoms with E-state index in [2.05, 4.69) is 6.92 Å². The second-order valence-electron chi connectivity index (χ2n) is 8.56. The van der Waals surface area contributed by atoms with Gasteiger partial charge >= 0.3 is 0 Å². The summed E-state index contributed by atoms with van der Waals surface area (Å²) in [5, 5.41) is 0. The molecule has 33 heavy (non-hydrogen) atoms. The van der Waals surface area contributed by atoms with Crippen molar-refractivity contribution in [1.29, 1.82) is 0 Å². The maximum atomic E-state index is 6.37. The first-order chi connectivity index (χ1) is 16.3. The van der Waals surface area contributed by atoms with E-state index in [0.717, 1.165) is 24.2 Å². The van der Waals surface area contributed by atoms with Gasteiger partial charge in [-0.15, -0.1) is 0 Å². The third-order valence-corrected chi connectivity index (χ3v) is 6.20. The van der Waals surface area contributed by atoms with Crippen LogP contribution in [0.1, 0.15) is 24.5 Å². The summed E-state index contributed by atoms with van der Waals surface area (Å²) in [4.78, 5) is 0. The van der Waals surface area contributed by atoms with E-state index < -0.39 is 6.48 Å². The average molecular weight is 457 g/mol. The fourth-order valence-corrected chi connectivity index (χ4v) is 4.66. The summed E-state index contributed by atoms with van der Waals surface area (Å²) < 4.78 is 42.7. The third-order valence-electron chi connectivity index (χ3n) is 6.20. The van der Waals surface area contributed by atoms with Crippen molar-refractivity contribution in [2.24, 2.45) is 0 Å². The van der Waals surface area contributed by atoms with Crippen molar-refractivity contribution < 1.29 is 33.2 Å². The lowest BCUT2D eigenvalue weighted by molar-refractivity contribution is -0.489. The summed E-state index contributed by atoms with van der Waals surface area (Å²) in [7, 11) is 0. The van der Waals surface area contributed by atoms with Gasteiger partial charge < -0.3 is 33.2 Å². The molecule has 178 valence electrons. The molecule has 3 heterocycles. The van der Waals surface area contributed by atoms with Gasteiger partial charge in [-0.3, -0.25) is 0 Å². The van der Waals surface area contributed by atoms with Crippen LogP contribution in [0.25, 0.3) is 0 Å². The van der Waals surface area contributed by atoms with Crippen LogP contribution in [0.3, 0.4) is 0 Å². The number of hydrogen-bond acceptors (Lipinski definition) is 7. The molecule has 0 aromatic heterocycles. The van der Waals surface area contributed by atoms with E-state index in [-0.39, 0.29) is 36.6 Å². The van der Waals surface area contributed by atoms with Gasteiger partial charge in [-0.2, -0.15) is 0 Å². The fraction of sp³-hybridized carbons (Fsp3) is 0.538. The monoisotopic (exact) mass is 456 g/mol. The zero-order valence-corrected chi connectivity index (χ0v) is 18.9. The zero-order valence-electron chi connectivity index (χ0n) is 18.9. The van der Waals surface area contributed by atoms with Gasteiger partial charge in [0.05, 0.1) is 26.4 Å². The Morgan fingerprint density at radius 2 is 1.09 bits per heavy atom. The van der Waals surface area contributed by atoms with Crippen LogP contribution in [-0.4, -0.2) is 62.9 Å². The first-order valence-electron chi connectivity index (χ1n) is 11.8. The maximum absolute atomic E-state index is 6.37. The number of ether oxygens (including phenoxy) is 7. The fourth-order valence-electron chi connectivity index (χ4n) is 4.66. The molecular formula is C26H32O7. The van der Waals surface area contributed by atoms with Crippen LogP contribution in [0.4, 0.5) is 0 Å². The molecule has 0 spiro atoms. The Labute approximate surface area is 194 Å². The van der Waals surface area contributed by atoms with Crippen LogP contribution in [-0.2, 0) is 46.4 Å². The predicted octanol–water partition coefficient (Wildman–Crippen LogP) is 3.45. The molecule has 1 aliphatic carbocycles. The molecule has 4 aliphatic rings. The van der Waals surface area contributed by atoms with Crippen molar-refractivity contribution in [2.45, 2.75) is 69.7 Å². The Morgan fingerprint density at radius 1 is 0.606 bits per heavy atom. The first-order valence-corrected chi connectivity index (χ1v) is 11.8. The number of hydrogen-bond donors (Lipinski definition) is 0. The van der Waals surface area contributed by atoms with Crippen molar-refractivity contribution in [3.63, 3.8) is 0 Å². The molecule has 7 heteroatoms. The van der Waals surface area contributed by atoms with Gasteiger partial charge in [0, 0.05) is 6.61 Å². The Hall–Kier alpha value is -1.84. The Bertz CT molecular complexity index is 787. The summed E-state index contributed by atoms with van der Waals surface area (Å²) in [6.45, 7) is 3.99. The Morgan fingerprint density at radius 3 is 1.58 bits per heavy atom. The number of rotatable bonds is 12. The molecule has 3 aliphatic heterocycles. The maximum Gasteiger partial charge on any atom is 0.272 e.